The number of nitrogens with zero attached hydrogens (tertiary/aromatic N) is 12. The monoisotopic (exact) mass is 1860 g/mol. The van der Waals surface area contributed by atoms with Crippen LogP contribution in [0.3, 0.4) is 0 Å². The van der Waals surface area contributed by atoms with E-state index in [9.17, 15) is 0 Å². The molecule has 10 aromatic heterocycles. The van der Waals surface area contributed by atoms with Crippen LogP contribution in [0.25, 0.3) is 135 Å². The van der Waals surface area contributed by atoms with Gasteiger partial charge >= 0.3 is 11.6 Å². The van der Waals surface area contributed by atoms with Gasteiger partial charge in [0.05, 0.1) is 49.0 Å². The lowest BCUT2D eigenvalue weighted by atomic mass is 9.90. The van der Waals surface area contributed by atoms with Gasteiger partial charge in [-0.3, -0.25) is 19.9 Å². The average Bonchev–Trinajstić information content (AvgIpc) is 1.60. The summed E-state index contributed by atoms with van der Waals surface area (Å²) in [6.45, 7) is 32.6. The van der Waals surface area contributed by atoms with Crippen LogP contribution in [0, 0.1) is 95.9 Å². The SMILES string of the molecule is Cc1ccc(C)c(-c2cc3c(c[n+]2C)Cc2ccncc2-3)c1.Cc1ccc(C)c(-c2cc3c(c[n+]2C)Cc2cnccc2-3)c1.Cc1ccc(C)c(-c2cc3c(c[n+]2C)Cc2nc(C)ccc2-3)c1.Cc1ccc(C)c(-c2cc3c(c[n+]2C)Cc2ncccc2-3)c1.Cc1ccc(C)c(-c2nc3c(c[n+]2C)Cc2c(CC(C)C)cccc2-3)c1.Cc1ccc(C)c(-c2nc3c(c[n+]2C)Cc2c-3cccc2C2CCCC2)c1. The Hall–Kier alpha value is -14.9. The number of aryl methyl sites for hydroxylation is 19. The fourth-order valence-electron chi connectivity index (χ4n) is 22.9. The van der Waals surface area contributed by atoms with E-state index in [0.29, 0.717) is 5.92 Å². The van der Waals surface area contributed by atoms with Crippen LogP contribution in [-0.4, -0.2) is 29.9 Å². The van der Waals surface area contributed by atoms with Crippen molar-refractivity contribution in [3.63, 3.8) is 0 Å². The van der Waals surface area contributed by atoms with E-state index < -0.39 is 0 Å². The van der Waals surface area contributed by atoms with Crippen LogP contribution in [-0.2, 0) is 87.2 Å². The molecule has 0 saturated heterocycles. The molecular formula is C130H132N12+6. The molecular weight excluding hydrogens is 1730 g/mol. The summed E-state index contributed by atoms with van der Waals surface area (Å²) in [6, 6.07) is 75.6. The van der Waals surface area contributed by atoms with Crippen LogP contribution in [0.4, 0.5) is 0 Å². The van der Waals surface area contributed by atoms with E-state index in [1.54, 1.807) is 5.56 Å². The molecule has 0 amide bonds. The Morgan fingerprint density at radius 2 is 0.669 bits per heavy atom. The lowest BCUT2D eigenvalue weighted by Crippen LogP contribution is -2.33. The van der Waals surface area contributed by atoms with Crippen molar-refractivity contribution in [1.29, 1.82) is 0 Å². The quantitative estimate of drug-likeness (QED) is 0.133. The zero-order chi connectivity index (χ0) is 98.9. The first-order chi connectivity index (χ1) is 68.5. The molecule has 1 fully saturated rings. The zero-order valence-corrected chi connectivity index (χ0v) is 86.8. The molecule has 0 atom stereocenters. The lowest BCUT2D eigenvalue weighted by molar-refractivity contribution is -0.663. The van der Waals surface area contributed by atoms with Crippen molar-refractivity contribution in [2.75, 3.05) is 0 Å². The molecule has 1 saturated carbocycles. The van der Waals surface area contributed by atoms with Crippen molar-refractivity contribution in [2.45, 2.75) is 180 Å². The second-order valence-electron chi connectivity index (χ2n) is 41.8. The Bertz CT molecular complexity index is 7740. The Morgan fingerprint density at radius 1 is 0.282 bits per heavy atom. The van der Waals surface area contributed by atoms with Crippen LogP contribution in [0.5, 0.6) is 0 Å². The van der Waals surface area contributed by atoms with Gasteiger partial charge in [-0.1, -0.05) is 181 Å². The molecule has 0 spiro atoms. The summed E-state index contributed by atoms with van der Waals surface area (Å²) in [4.78, 5) is 28.2. The summed E-state index contributed by atoms with van der Waals surface area (Å²) in [7, 11) is 12.8. The van der Waals surface area contributed by atoms with Gasteiger partial charge in [-0.05, 0) is 286 Å². The minimum Gasteiger partial charge on any atom is -0.264 e. The summed E-state index contributed by atoms with van der Waals surface area (Å²) >= 11 is 0. The molecule has 8 aromatic carbocycles. The van der Waals surface area contributed by atoms with Gasteiger partial charge in [0.25, 0.3) is 0 Å². The Morgan fingerprint density at radius 3 is 1.15 bits per heavy atom. The van der Waals surface area contributed by atoms with Gasteiger partial charge < -0.3 is 0 Å². The van der Waals surface area contributed by atoms with E-state index in [1.165, 1.54) is 288 Å². The molecule has 0 unspecified atom stereocenters. The average molecular weight is 1860 g/mol. The first kappa shape index (κ1) is 94.7. The molecule has 0 radical (unpaired) electrons. The summed E-state index contributed by atoms with van der Waals surface area (Å²) < 4.78 is 13.4. The van der Waals surface area contributed by atoms with Crippen molar-refractivity contribution >= 4 is 0 Å². The van der Waals surface area contributed by atoms with Crippen molar-refractivity contribution in [3.05, 3.63) is 425 Å². The molecule has 0 aliphatic heterocycles. The third-order valence-corrected chi connectivity index (χ3v) is 30.4. The fourth-order valence-corrected chi connectivity index (χ4v) is 22.9. The molecule has 12 nitrogen and oxygen atoms in total. The first-order valence-corrected chi connectivity index (χ1v) is 50.8. The zero-order valence-electron chi connectivity index (χ0n) is 86.8. The van der Waals surface area contributed by atoms with Crippen molar-refractivity contribution in [3.8, 4) is 135 Å². The maximum atomic E-state index is 5.20. The normalized spacial score (nSPS) is 12.9. The third kappa shape index (κ3) is 18.8. The summed E-state index contributed by atoms with van der Waals surface area (Å²) in [5.74, 6) is 3.53. The number of rotatable bonds is 9. The molecule has 0 N–H and O–H groups in total. The lowest BCUT2D eigenvalue weighted by Gasteiger charge is -2.14. The number of hydrogen-bond donors (Lipinski definition) is 0. The summed E-state index contributed by atoms with van der Waals surface area (Å²) in [5.41, 5.74) is 64.3. The van der Waals surface area contributed by atoms with Gasteiger partial charge in [-0.2, -0.15) is 0 Å². The summed E-state index contributed by atoms with van der Waals surface area (Å²) in [5, 5.41) is 0. The van der Waals surface area contributed by atoms with Crippen LogP contribution >= 0.6 is 0 Å². The Labute approximate surface area is 840 Å². The number of aromatic nitrogens is 12. The standard InChI is InChI=1S/C25H27N2.C24H27N2.C21H21N2.3C20H19N2/c1-16-11-12-17(2)22(13-16)25-26-24-19(15-27(25)3)14-23-20(9-6-10-21(23)24)18-7-4-5-8-18;1-15(2)11-18-7-6-8-20-22(18)13-19-14-26(5)24(25-23(19)20)21-12-16(3)9-10-17(21)4;1-13-5-6-14(2)18(9-13)21-11-19-16(12-23(21)4)10-20-17(19)8-7-15(3)22-20;1-13-4-5-14(2)18(8-13)20-10-19-16(12-22(20)3)9-15-11-21-7-6-17(15)19;1-13-4-5-14(2)17(8-13)20-10-18-16(12-22(20)3)9-15-6-7-21-11-19(15)18;1-13-6-7-14(2)17(9-13)20-11-18-15(12-22(20)3)10-19-16(18)5-4-8-21-19/h6,9-13,15,18H,4-5,7-8,14H2,1-3H3;6-10,12,14-15H,11,13H2,1-5H3;5-9,11-12H,10H2,1-4H3;2*4-8,10-12H,9H2,1-3H3;4-9,11-12H,10H2,1-3H3/q6*+1. The van der Waals surface area contributed by atoms with Crippen LogP contribution < -0.4 is 27.4 Å². The van der Waals surface area contributed by atoms with Crippen LogP contribution in [0.2, 0.25) is 0 Å². The highest BCUT2D eigenvalue weighted by Crippen LogP contribution is 2.47. The van der Waals surface area contributed by atoms with Crippen molar-refractivity contribution in [1.82, 2.24) is 29.9 Å². The van der Waals surface area contributed by atoms with Gasteiger partial charge in [0.1, 0.15) is 28.2 Å². The van der Waals surface area contributed by atoms with E-state index in [2.05, 4.69) is 426 Å². The predicted molar refractivity (Wildman–Crippen MR) is 576 cm³/mol. The predicted octanol–water partition coefficient (Wildman–Crippen LogP) is 25.7. The van der Waals surface area contributed by atoms with Gasteiger partial charge in [0, 0.05) is 183 Å². The number of hydrogen-bond acceptors (Lipinski definition) is 6. The van der Waals surface area contributed by atoms with Crippen molar-refractivity contribution < 1.29 is 27.4 Å². The molecule has 142 heavy (non-hydrogen) atoms. The highest BCUT2D eigenvalue weighted by atomic mass is 15.0. The third-order valence-electron chi connectivity index (χ3n) is 30.4. The van der Waals surface area contributed by atoms with Gasteiger partial charge in [-0.15, -0.1) is 0 Å². The smallest absolute Gasteiger partial charge is 0.264 e. The van der Waals surface area contributed by atoms with E-state index >= 15 is 0 Å². The Kier molecular flexibility index (Phi) is 26.2. The molecule has 12 heteroatoms. The first-order valence-electron chi connectivity index (χ1n) is 50.8. The van der Waals surface area contributed by atoms with E-state index in [1.807, 2.05) is 37.1 Å². The summed E-state index contributed by atoms with van der Waals surface area (Å²) in [6.07, 6.45) is 35.8. The van der Waals surface area contributed by atoms with E-state index in [4.69, 9.17) is 15.0 Å². The molecule has 7 aliphatic carbocycles. The largest absolute Gasteiger partial charge is 0.331 e. The van der Waals surface area contributed by atoms with Gasteiger partial charge in [-0.25, -0.2) is 27.4 Å². The maximum absolute atomic E-state index is 5.20. The molecule has 0 bridgehead atoms. The number of pyridine rings is 8. The molecule has 10 heterocycles. The van der Waals surface area contributed by atoms with Crippen LogP contribution in [0.15, 0.2) is 274 Å². The molecule has 706 valence electrons. The number of fused-ring (bicyclic) bond motifs is 18. The molecule has 7 aliphatic rings. The minimum absolute atomic E-state index is 0.666. The van der Waals surface area contributed by atoms with E-state index in [-0.39, 0.29) is 0 Å². The highest BCUT2D eigenvalue weighted by molar-refractivity contribution is 5.84. The van der Waals surface area contributed by atoms with Crippen molar-refractivity contribution in [2.24, 2.45) is 48.2 Å². The number of benzene rings is 8. The van der Waals surface area contributed by atoms with Crippen LogP contribution in [0.1, 0.15) is 196 Å². The van der Waals surface area contributed by atoms with Gasteiger partial charge in [0.15, 0.2) is 36.2 Å². The van der Waals surface area contributed by atoms with E-state index in [0.717, 1.165) is 68.2 Å². The van der Waals surface area contributed by atoms with Gasteiger partial charge in [0.2, 0.25) is 22.8 Å². The second-order valence-corrected chi connectivity index (χ2v) is 41.8. The molecule has 18 aromatic rings. The fraction of sp³-hybridized carbons (Fsp3) is 0.262. The highest BCUT2D eigenvalue weighted by Gasteiger charge is 2.37. The second kappa shape index (κ2) is 39.3. The maximum Gasteiger partial charge on any atom is 0.331 e. The minimum atomic E-state index is 0.666. The molecule has 25 rings (SSSR count). The topological polar surface area (TPSA) is 101 Å². The Balaban J connectivity index is 0.000000105.